The van der Waals surface area contributed by atoms with Crippen LogP contribution in [0.5, 0.6) is 0 Å². The van der Waals surface area contributed by atoms with Gasteiger partial charge in [-0.3, -0.25) is 9.78 Å². The number of carbonyl (C=O) groups is 1. The molecule has 2 aromatic rings. The summed E-state index contributed by atoms with van der Waals surface area (Å²) in [7, 11) is 2.12. The lowest BCUT2D eigenvalue weighted by atomic mass is 10.2. The molecule has 0 unspecified atom stereocenters. The maximum atomic E-state index is 12.3. The molecule has 3 rings (SSSR count). The Morgan fingerprint density at radius 2 is 1.88 bits per heavy atom. The van der Waals surface area contributed by atoms with E-state index in [9.17, 15) is 4.79 Å². The molecule has 0 aliphatic carbocycles. The number of piperazine rings is 1. The number of likely N-dealkylation sites (N-methyl/N-ethyl adjacent to an activating group) is 1. The van der Waals surface area contributed by atoms with Gasteiger partial charge in [-0.05, 0) is 36.9 Å². The molecule has 1 amide bonds. The summed E-state index contributed by atoms with van der Waals surface area (Å²) < 4.78 is 0. The van der Waals surface area contributed by atoms with Gasteiger partial charge in [-0.1, -0.05) is 23.7 Å². The molecule has 1 fully saturated rings. The highest BCUT2D eigenvalue weighted by atomic mass is 35.5. The summed E-state index contributed by atoms with van der Waals surface area (Å²) in [6, 6.07) is 11.3. The average Bonchev–Trinajstić information content (AvgIpc) is 2.62. The van der Waals surface area contributed by atoms with E-state index < -0.39 is 0 Å². The fourth-order valence-electron chi connectivity index (χ4n) is 2.68. The standard InChI is InChI=1S/C18H21ClN4O/c1-22-8-10-23(11-9-22)16-6-7-20-17(12-16)18(24)21-13-14-2-4-15(19)5-3-14/h2-7,12H,8-11,13H2,1H3,(H,21,24). The first-order valence-corrected chi connectivity index (χ1v) is 8.42. The predicted octanol–water partition coefficient (Wildman–Crippen LogP) is 2.42. The molecular weight excluding hydrogens is 324 g/mol. The molecule has 0 spiro atoms. The number of nitrogens with one attached hydrogen (secondary N) is 1. The van der Waals surface area contributed by atoms with E-state index in [0.717, 1.165) is 37.4 Å². The number of nitrogens with zero attached hydrogens (tertiary/aromatic N) is 3. The van der Waals surface area contributed by atoms with Crippen molar-refractivity contribution in [3.63, 3.8) is 0 Å². The van der Waals surface area contributed by atoms with Crippen molar-refractivity contribution in [1.29, 1.82) is 0 Å². The Labute approximate surface area is 147 Å². The zero-order valence-electron chi connectivity index (χ0n) is 13.7. The highest BCUT2D eigenvalue weighted by molar-refractivity contribution is 6.30. The smallest absolute Gasteiger partial charge is 0.270 e. The van der Waals surface area contributed by atoms with E-state index in [1.165, 1.54) is 0 Å². The van der Waals surface area contributed by atoms with Gasteiger partial charge < -0.3 is 15.1 Å². The van der Waals surface area contributed by atoms with Crippen LogP contribution in [0.1, 0.15) is 16.1 Å². The van der Waals surface area contributed by atoms with Crippen molar-refractivity contribution in [2.75, 3.05) is 38.1 Å². The molecule has 0 radical (unpaired) electrons. The lowest BCUT2D eigenvalue weighted by Gasteiger charge is -2.34. The second-order valence-corrected chi connectivity index (χ2v) is 6.44. The first-order chi connectivity index (χ1) is 11.6. The van der Waals surface area contributed by atoms with Crippen molar-refractivity contribution in [2.45, 2.75) is 6.54 Å². The van der Waals surface area contributed by atoms with Crippen LogP contribution in [0.4, 0.5) is 5.69 Å². The van der Waals surface area contributed by atoms with Crippen molar-refractivity contribution < 1.29 is 4.79 Å². The van der Waals surface area contributed by atoms with E-state index in [1.807, 2.05) is 36.4 Å². The van der Waals surface area contributed by atoms with Gasteiger partial charge in [-0.15, -0.1) is 0 Å². The number of amides is 1. The molecule has 1 aromatic carbocycles. The summed E-state index contributed by atoms with van der Waals surface area (Å²) in [5, 5.41) is 3.59. The highest BCUT2D eigenvalue weighted by Gasteiger charge is 2.16. The number of aromatic nitrogens is 1. The molecule has 0 bridgehead atoms. The largest absolute Gasteiger partial charge is 0.369 e. The average molecular weight is 345 g/mol. The van der Waals surface area contributed by atoms with E-state index in [1.54, 1.807) is 6.20 Å². The lowest BCUT2D eigenvalue weighted by Crippen LogP contribution is -2.44. The van der Waals surface area contributed by atoms with Gasteiger partial charge in [0.2, 0.25) is 0 Å². The zero-order valence-corrected chi connectivity index (χ0v) is 14.5. The van der Waals surface area contributed by atoms with E-state index in [0.29, 0.717) is 17.3 Å². The molecule has 126 valence electrons. The minimum absolute atomic E-state index is 0.166. The first-order valence-electron chi connectivity index (χ1n) is 8.04. The molecule has 0 atom stereocenters. The molecule has 1 aliphatic heterocycles. The van der Waals surface area contributed by atoms with Gasteiger partial charge in [0.25, 0.3) is 5.91 Å². The molecule has 6 heteroatoms. The van der Waals surface area contributed by atoms with Crippen LogP contribution in [0.25, 0.3) is 0 Å². The summed E-state index contributed by atoms with van der Waals surface area (Å²) in [6.45, 7) is 4.44. The quantitative estimate of drug-likeness (QED) is 0.925. The monoisotopic (exact) mass is 344 g/mol. The van der Waals surface area contributed by atoms with Crippen LogP contribution in [-0.2, 0) is 6.54 Å². The maximum absolute atomic E-state index is 12.3. The SMILES string of the molecule is CN1CCN(c2ccnc(C(=O)NCc3ccc(Cl)cc3)c2)CC1. The van der Waals surface area contributed by atoms with Crippen LogP contribution in [-0.4, -0.2) is 49.0 Å². The van der Waals surface area contributed by atoms with E-state index in [4.69, 9.17) is 11.6 Å². The maximum Gasteiger partial charge on any atom is 0.270 e. The second kappa shape index (κ2) is 7.64. The molecule has 24 heavy (non-hydrogen) atoms. The Balaban J connectivity index is 1.62. The second-order valence-electron chi connectivity index (χ2n) is 6.00. The number of rotatable bonds is 4. The Kier molecular flexibility index (Phi) is 5.33. The van der Waals surface area contributed by atoms with Crippen LogP contribution >= 0.6 is 11.6 Å². The minimum atomic E-state index is -0.166. The Bertz CT molecular complexity index is 696. The number of carbonyl (C=O) groups excluding carboxylic acids is 1. The van der Waals surface area contributed by atoms with E-state index >= 15 is 0 Å². The van der Waals surface area contributed by atoms with Crippen LogP contribution in [0.3, 0.4) is 0 Å². The zero-order chi connectivity index (χ0) is 16.9. The Morgan fingerprint density at radius 3 is 2.58 bits per heavy atom. The van der Waals surface area contributed by atoms with Gasteiger partial charge in [0, 0.05) is 49.6 Å². The Morgan fingerprint density at radius 1 is 1.17 bits per heavy atom. The summed E-state index contributed by atoms with van der Waals surface area (Å²) in [5.74, 6) is -0.166. The van der Waals surface area contributed by atoms with Crippen LogP contribution < -0.4 is 10.2 Å². The normalized spacial score (nSPS) is 15.3. The summed E-state index contributed by atoms with van der Waals surface area (Å²) >= 11 is 5.87. The van der Waals surface area contributed by atoms with E-state index in [2.05, 4.69) is 27.1 Å². The lowest BCUT2D eigenvalue weighted by molar-refractivity contribution is 0.0946. The van der Waals surface area contributed by atoms with Gasteiger partial charge in [0.15, 0.2) is 0 Å². The number of hydrogen-bond donors (Lipinski definition) is 1. The summed E-state index contributed by atoms with van der Waals surface area (Å²) in [6.07, 6.45) is 1.70. The molecule has 1 aliphatic rings. The molecule has 5 nitrogen and oxygen atoms in total. The number of hydrogen-bond acceptors (Lipinski definition) is 4. The van der Waals surface area contributed by atoms with Crippen molar-refractivity contribution in [3.8, 4) is 0 Å². The Hall–Kier alpha value is -2.11. The topological polar surface area (TPSA) is 48.5 Å². The van der Waals surface area contributed by atoms with Crippen LogP contribution in [0, 0.1) is 0 Å². The number of benzene rings is 1. The molecule has 1 aromatic heterocycles. The molecule has 0 saturated carbocycles. The summed E-state index contributed by atoms with van der Waals surface area (Å²) in [4.78, 5) is 21.1. The third-order valence-electron chi connectivity index (χ3n) is 4.21. The fraction of sp³-hybridized carbons (Fsp3) is 0.333. The molecule has 2 heterocycles. The van der Waals surface area contributed by atoms with Crippen molar-refractivity contribution >= 4 is 23.2 Å². The van der Waals surface area contributed by atoms with Gasteiger partial charge in [0.05, 0.1) is 0 Å². The van der Waals surface area contributed by atoms with Gasteiger partial charge in [-0.25, -0.2) is 0 Å². The number of anilines is 1. The van der Waals surface area contributed by atoms with Crippen molar-refractivity contribution in [3.05, 3.63) is 58.9 Å². The fourth-order valence-corrected chi connectivity index (χ4v) is 2.81. The van der Waals surface area contributed by atoms with Gasteiger partial charge in [-0.2, -0.15) is 0 Å². The highest BCUT2D eigenvalue weighted by Crippen LogP contribution is 2.16. The molecule has 1 N–H and O–H groups in total. The number of halogens is 1. The van der Waals surface area contributed by atoms with Crippen molar-refractivity contribution in [2.24, 2.45) is 0 Å². The van der Waals surface area contributed by atoms with E-state index in [-0.39, 0.29) is 5.91 Å². The molecule has 1 saturated heterocycles. The van der Waals surface area contributed by atoms with Crippen molar-refractivity contribution in [1.82, 2.24) is 15.2 Å². The minimum Gasteiger partial charge on any atom is -0.369 e. The molecular formula is C18H21ClN4O. The van der Waals surface area contributed by atoms with Gasteiger partial charge in [0.1, 0.15) is 5.69 Å². The van der Waals surface area contributed by atoms with Crippen LogP contribution in [0.15, 0.2) is 42.6 Å². The predicted molar refractivity (Wildman–Crippen MR) is 96.6 cm³/mol. The van der Waals surface area contributed by atoms with Gasteiger partial charge >= 0.3 is 0 Å². The first kappa shape index (κ1) is 16.7. The third-order valence-corrected chi connectivity index (χ3v) is 4.46. The summed E-state index contributed by atoms with van der Waals surface area (Å²) in [5.41, 5.74) is 2.50. The van der Waals surface area contributed by atoms with Crippen LogP contribution in [0.2, 0.25) is 5.02 Å². The third kappa shape index (κ3) is 4.24. The number of pyridine rings is 1.